The molecule has 0 spiro atoms. The number of aliphatic imine (C=N–C) groups is 1. The molecule has 0 fully saturated rings. The first-order valence-corrected chi connectivity index (χ1v) is 10.9. The van der Waals surface area contributed by atoms with Gasteiger partial charge in [-0.05, 0) is 57.0 Å². The number of fused-ring (bicyclic) bond motifs is 1. The molecule has 1 aromatic heterocycles. The summed E-state index contributed by atoms with van der Waals surface area (Å²) >= 11 is 0. The maximum absolute atomic E-state index is 5.75. The van der Waals surface area contributed by atoms with E-state index in [2.05, 4.69) is 44.2 Å². The van der Waals surface area contributed by atoms with E-state index in [9.17, 15) is 0 Å². The van der Waals surface area contributed by atoms with Crippen molar-refractivity contribution >= 4 is 17.0 Å². The Morgan fingerprint density at radius 2 is 1.87 bits per heavy atom. The normalized spacial score (nSPS) is 12.6. The van der Waals surface area contributed by atoms with Crippen molar-refractivity contribution < 1.29 is 9.47 Å². The molecule has 0 aliphatic rings. The number of ether oxygens (including phenoxy) is 2. The van der Waals surface area contributed by atoms with Crippen LogP contribution in [0.1, 0.15) is 38.8 Å². The molecule has 3 aromatic rings. The van der Waals surface area contributed by atoms with Crippen LogP contribution in [0.4, 0.5) is 0 Å². The molecule has 0 radical (unpaired) electrons. The summed E-state index contributed by atoms with van der Waals surface area (Å²) < 4.78 is 13.6. The smallest absolute Gasteiger partial charge is 0.191 e. The van der Waals surface area contributed by atoms with Crippen LogP contribution in [0.5, 0.6) is 11.5 Å². The Hall–Kier alpha value is -3.22. The Bertz CT molecular complexity index is 999. The summed E-state index contributed by atoms with van der Waals surface area (Å²) in [5.74, 6) is 2.32. The predicted octanol–water partition coefficient (Wildman–Crippen LogP) is 4.15. The van der Waals surface area contributed by atoms with Crippen LogP contribution in [-0.2, 0) is 6.54 Å². The number of nitrogens with one attached hydrogen (secondary N) is 2. The fourth-order valence-electron chi connectivity index (χ4n) is 3.46. The lowest BCUT2D eigenvalue weighted by molar-refractivity contribution is 0.287. The zero-order valence-electron chi connectivity index (χ0n) is 18.9. The fourth-order valence-corrected chi connectivity index (χ4v) is 3.46. The van der Waals surface area contributed by atoms with Crippen LogP contribution in [0.15, 0.2) is 53.8 Å². The molecule has 1 unspecified atom stereocenters. The number of hydrogen-bond acceptors (Lipinski definition) is 4. The molecule has 0 saturated carbocycles. The van der Waals surface area contributed by atoms with E-state index in [1.807, 2.05) is 50.5 Å². The van der Waals surface area contributed by atoms with Crippen molar-refractivity contribution in [3.63, 3.8) is 0 Å². The van der Waals surface area contributed by atoms with Crippen molar-refractivity contribution in [3.8, 4) is 11.5 Å². The lowest BCUT2D eigenvalue weighted by Gasteiger charge is -2.20. The van der Waals surface area contributed by atoms with Crippen molar-refractivity contribution in [2.24, 2.45) is 4.99 Å². The molecule has 7 heteroatoms. The second kappa shape index (κ2) is 11.2. The van der Waals surface area contributed by atoms with Crippen molar-refractivity contribution in [2.75, 3.05) is 26.8 Å². The van der Waals surface area contributed by atoms with Gasteiger partial charge in [-0.15, -0.1) is 0 Å². The highest BCUT2D eigenvalue weighted by Gasteiger charge is 2.12. The maximum Gasteiger partial charge on any atom is 0.191 e. The average molecular weight is 424 g/mol. The van der Waals surface area contributed by atoms with Gasteiger partial charge in [0.25, 0.3) is 0 Å². The van der Waals surface area contributed by atoms with Crippen molar-refractivity contribution in [3.05, 3.63) is 54.4 Å². The Morgan fingerprint density at radius 1 is 1.10 bits per heavy atom. The third-order valence-corrected chi connectivity index (χ3v) is 5.04. The summed E-state index contributed by atoms with van der Waals surface area (Å²) in [4.78, 5) is 8.81. The van der Waals surface area contributed by atoms with Gasteiger partial charge in [-0.25, -0.2) is 4.98 Å². The molecule has 0 saturated heterocycles. The minimum atomic E-state index is 0.0682. The van der Waals surface area contributed by atoms with E-state index in [0.29, 0.717) is 13.2 Å². The van der Waals surface area contributed by atoms with Gasteiger partial charge >= 0.3 is 0 Å². The van der Waals surface area contributed by atoms with Crippen molar-refractivity contribution in [1.29, 1.82) is 0 Å². The lowest BCUT2D eigenvalue weighted by Crippen LogP contribution is -2.39. The van der Waals surface area contributed by atoms with Crippen LogP contribution in [0, 0.1) is 0 Å². The first-order chi connectivity index (χ1) is 15.2. The topological polar surface area (TPSA) is 72.7 Å². The predicted molar refractivity (Wildman–Crippen MR) is 126 cm³/mol. The van der Waals surface area contributed by atoms with Gasteiger partial charge in [0.15, 0.2) is 17.5 Å². The summed E-state index contributed by atoms with van der Waals surface area (Å²) in [6, 6.07) is 14.3. The number of nitrogens with zero attached hydrogens (tertiary/aromatic N) is 3. The van der Waals surface area contributed by atoms with Crippen LogP contribution in [-0.4, -0.2) is 42.3 Å². The number of imidazole rings is 1. The van der Waals surface area contributed by atoms with Crippen LogP contribution in [0.3, 0.4) is 0 Å². The Morgan fingerprint density at radius 3 is 2.65 bits per heavy atom. The molecule has 0 aliphatic heterocycles. The van der Waals surface area contributed by atoms with Crippen LogP contribution in [0.2, 0.25) is 0 Å². The third kappa shape index (κ3) is 5.90. The van der Waals surface area contributed by atoms with Gasteiger partial charge in [0.2, 0.25) is 0 Å². The second-order valence-corrected chi connectivity index (χ2v) is 7.22. The van der Waals surface area contributed by atoms with Gasteiger partial charge in [-0.2, -0.15) is 0 Å². The van der Waals surface area contributed by atoms with Gasteiger partial charge in [-0.3, -0.25) is 4.99 Å². The van der Waals surface area contributed by atoms with Gasteiger partial charge in [0, 0.05) is 20.1 Å². The summed E-state index contributed by atoms with van der Waals surface area (Å²) in [5.41, 5.74) is 3.31. The van der Waals surface area contributed by atoms with E-state index in [0.717, 1.165) is 48.0 Å². The number of aryl methyl sites for hydroxylation is 1. The van der Waals surface area contributed by atoms with Gasteiger partial charge < -0.3 is 24.7 Å². The highest BCUT2D eigenvalue weighted by atomic mass is 16.5. The average Bonchev–Trinajstić information content (AvgIpc) is 3.20. The molecule has 1 heterocycles. The largest absolute Gasteiger partial charge is 0.490 e. The fraction of sp³-hybridized carbons (Fsp3) is 0.417. The molecule has 166 valence electrons. The molecule has 7 nitrogen and oxygen atoms in total. The number of para-hydroxylation sites is 2. The van der Waals surface area contributed by atoms with E-state index in [-0.39, 0.29) is 6.04 Å². The molecule has 0 aliphatic carbocycles. The zero-order chi connectivity index (χ0) is 22.1. The van der Waals surface area contributed by atoms with Gasteiger partial charge in [-0.1, -0.05) is 18.2 Å². The lowest BCUT2D eigenvalue weighted by atomic mass is 10.1. The van der Waals surface area contributed by atoms with E-state index in [1.54, 1.807) is 7.05 Å². The number of benzene rings is 2. The van der Waals surface area contributed by atoms with Crippen LogP contribution >= 0.6 is 0 Å². The SMILES string of the molecule is CCOc1ccc(C(C)NC(=NC)NCCCn2cnc3ccccc32)cc1OCC. The van der Waals surface area contributed by atoms with E-state index >= 15 is 0 Å². The molecule has 0 bridgehead atoms. The maximum atomic E-state index is 5.75. The summed E-state index contributed by atoms with van der Waals surface area (Å²) in [6.07, 6.45) is 2.87. The van der Waals surface area contributed by atoms with Gasteiger partial charge in [0.1, 0.15) is 0 Å². The third-order valence-electron chi connectivity index (χ3n) is 5.04. The molecule has 1 atom stereocenters. The molecule has 0 amide bonds. The summed E-state index contributed by atoms with van der Waals surface area (Å²) in [7, 11) is 1.79. The van der Waals surface area contributed by atoms with E-state index < -0.39 is 0 Å². The highest BCUT2D eigenvalue weighted by Crippen LogP contribution is 2.30. The number of rotatable bonds is 10. The standard InChI is InChI=1S/C24H33N5O2/c1-5-30-22-13-12-19(16-23(22)31-6-2)18(3)28-24(25-4)26-14-9-15-29-17-27-20-10-7-8-11-21(20)29/h7-8,10-13,16-18H,5-6,9,14-15H2,1-4H3,(H2,25,26,28). The Labute approximate surface area is 184 Å². The summed E-state index contributed by atoms with van der Waals surface area (Å²) in [5, 5.41) is 6.85. The highest BCUT2D eigenvalue weighted by molar-refractivity contribution is 5.80. The number of hydrogen-bond donors (Lipinski definition) is 2. The quantitative estimate of drug-likeness (QED) is 0.291. The molecule has 31 heavy (non-hydrogen) atoms. The summed E-state index contributed by atoms with van der Waals surface area (Å²) in [6.45, 7) is 8.97. The molecule has 2 N–H and O–H groups in total. The molecular weight excluding hydrogens is 390 g/mol. The molecule has 2 aromatic carbocycles. The molecular formula is C24H33N5O2. The minimum absolute atomic E-state index is 0.0682. The van der Waals surface area contributed by atoms with Crippen molar-refractivity contribution in [1.82, 2.24) is 20.2 Å². The van der Waals surface area contributed by atoms with Crippen molar-refractivity contribution in [2.45, 2.75) is 39.8 Å². The Kier molecular flexibility index (Phi) is 8.15. The first-order valence-electron chi connectivity index (χ1n) is 10.9. The van der Waals surface area contributed by atoms with Crippen LogP contribution in [0.25, 0.3) is 11.0 Å². The first kappa shape index (κ1) is 22.5. The zero-order valence-corrected chi connectivity index (χ0v) is 18.9. The minimum Gasteiger partial charge on any atom is -0.490 e. The number of guanidine groups is 1. The van der Waals surface area contributed by atoms with Gasteiger partial charge in [0.05, 0.1) is 36.6 Å². The van der Waals surface area contributed by atoms with Crippen LogP contribution < -0.4 is 20.1 Å². The van der Waals surface area contributed by atoms with E-state index in [4.69, 9.17) is 9.47 Å². The second-order valence-electron chi connectivity index (χ2n) is 7.22. The number of aromatic nitrogens is 2. The van der Waals surface area contributed by atoms with E-state index in [1.165, 1.54) is 5.52 Å². The molecule has 3 rings (SSSR count). The monoisotopic (exact) mass is 423 g/mol. The Balaban J connectivity index is 1.52.